The SMILES string of the molecule is Cc1ccncc1C(=O)c1ccc(Br)o1. The van der Waals surface area contributed by atoms with Crippen LogP contribution in [-0.4, -0.2) is 10.8 Å². The van der Waals surface area contributed by atoms with E-state index in [0.29, 0.717) is 16.0 Å². The van der Waals surface area contributed by atoms with Crippen LogP contribution < -0.4 is 0 Å². The summed E-state index contributed by atoms with van der Waals surface area (Å²) >= 11 is 3.16. The van der Waals surface area contributed by atoms with Crippen molar-refractivity contribution in [3.63, 3.8) is 0 Å². The molecule has 0 fully saturated rings. The van der Waals surface area contributed by atoms with Crippen LogP contribution >= 0.6 is 15.9 Å². The maximum absolute atomic E-state index is 11.9. The van der Waals surface area contributed by atoms with Gasteiger partial charge in [0, 0.05) is 18.0 Å². The molecule has 0 aliphatic rings. The molecule has 0 amide bonds. The Bertz CT molecular complexity index is 505. The van der Waals surface area contributed by atoms with Crippen LogP contribution in [0.1, 0.15) is 21.7 Å². The van der Waals surface area contributed by atoms with Crippen LogP contribution in [-0.2, 0) is 0 Å². The number of halogens is 1. The van der Waals surface area contributed by atoms with Gasteiger partial charge in [0.1, 0.15) is 0 Å². The van der Waals surface area contributed by atoms with Crippen molar-refractivity contribution < 1.29 is 9.21 Å². The highest BCUT2D eigenvalue weighted by Gasteiger charge is 2.15. The van der Waals surface area contributed by atoms with Crippen molar-refractivity contribution in [3.8, 4) is 0 Å². The third-order valence-electron chi connectivity index (χ3n) is 2.08. The second-order valence-electron chi connectivity index (χ2n) is 3.12. The number of aryl methyl sites for hydroxylation is 1. The van der Waals surface area contributed by atoms with E-state index in [2.05, 4.69) is 20.9 Å². The molecule has 0 saturated heterocycles. The molecule has 4 heteroatoms. The van der Waals surface area contributed by atoms with E-state index in [9.17, 15) is 4.79 Å². The molecular weight excluding hydrogens is 258 g/mol. The molecule has 0 atom stereocenters. The lowest BCUT2D eigenvalue weighted by Crippen LogP contribution is -2.02. The molecule has 0 unspecified atom stereocenters. The summed E-state index contributed by atoms with van der Waals surface area (Å²) < 4.78 is 5.74. The predicted octanol–water partition coefficient (Wildman–Crippen LogP) is 2.98. The van der Waals surface area contributed by atoms with Crippen molar-refractivity contribution in [3.05, 3.63) is 52.1 Å². The second kappa shape index (κ2) is 3.98. The van der Waals surface area contributed by atoms with E-state index in [1.165, 1.54) is 0 Å². The van der Waals surface area contributed by atoms with E-state index >= 15 is 0 Å². The van der Waals surface area contributed by atoms with Gasteiger partial charge in [-0.3, -0.25) is 9.78 Å². The van der Waals surface area contributed by atoms with Gasteiger partial charge in [-0.25, -0.2) is 0 Å². The van der Waals surface area contributed by atoms with Crippen LogP contribution in [0, 0.1) is 6.92 Å². The minimum atomic E-state index is -0.147. The lowest BCUT2D eigenvalue weighted by atomic mass is 10.1. The normalized spacial score (nSPS) is 10.3. The number of furan rings is 1. The van der Waals surface area contributed by atoms with Gasteiger partial charge < -0.3 is 4.42 Å². The first-order chi connectivity index (χ1) is 7.18. The Balaban J connectivity index is 2.41. The molecule has 0 aromatic carbocycles. The topological polar surface area (TPSA) is 43.1 Å². The minimum absolute atomic E-state index is 0.147. The number of carbonyl (C=O) groups excluding carboxylic acids is 1. The minimum Gasteiger partial charge on any atom is -0.446 e. The van der Waals surface area contributed by atoms with E-state index in [4.69, 9.17) is 4.42 Å². The van der Waals surface area contributed by atoms with Crippen molar-refractivity contribution in [2.24, 2.45) is 0 Å². The summed E-state index contributed by atoms with van der Waals surface area (Å²) in [5.74, 6) is 0.171. The Hall–Kier alpha value is -1.42. The van der Waals surface area contributed by atoms with Crippen LogP contribution in [0.3, 0.4) is 0 Å². The van der Waals surface area contributed by atoms with Crippen LogP contribution in [0.4, 0.5) is 0 Å². The van der Waals surface area contributed by atoms with E-state index in [-0.39, 0.29) is 5.78 Å². The summed E-state index contributed by atoms with van der Waals surface area (Å²) in [5.41, 5.74) is 1.46. The summed E-state index contributed by atoms with van der Waals surface area (Å²) in [5, 5.41) is 0. The zero-order valence-corrected chi connectivity index (χ0v) is 9.61. The van der Waals surface area contributed by atoms with E-state index in [0.717, 1.165) is 5.56 Å². The van der Waals surface area contributed by atoms with Gasteiger partial charge in [0.15, 0.2) is 10.4 Å². The van der Waals surface area contributed by atoms with E-state index < -0.39 is 0 Å². The van der Waals surface area contributed by atoms with Gasteiger partial charge in [-0.1, -0.05) is 0 Å². The van der Waals surface area contributed by atoms with E-state index in [1.54, 1.807) is 30.6 Å². The van der Waals surface area contributed by atoms with Crippen molar-refractivity contribution in [1.29, 1.82) is 0 Å². The van der Waals surface area contributed by atoms with Crippen molar-refractivity contribution in [2.75, 3.05) is 0 Å². The van der Waals surface area contributed by atoms with Crippen molar-refractivity contribution in [2.45, 2.75) is 6.92 Å². The molecule has 76 valence electrons. The van der Waals surface area contributed by atoms with Crippen molar-refractivity contribution in [1.82, 2.24) is 4.98 Å². The van der Waals surface area contributed by atoms with Gasteiger partial charge in [-0.15, -0.1) is 0 Å². The largest absolute Gasteiger partial charge is 0.446 e. The van der Waals surface area contributed by atoms with E-state index in [1.807, 2.05) is 6.92 Å². The quantitative estimate of drug-likeness (QED) is 0.785. The highest BCUT2D eigenvalue weighted by Crippen LogP contribution is 2.18. The number of hydrogen-bond donors (Lipinski definition) is 0. The van der Waals surface area contributed by atoms with Gasteiger partial charge in [0.2, 0.25) is 5.78 Å². The van der Waals surface area contributed by atoms with Gasteiger partial charge in [-0.2, -0.15) is 0 Å². The molecule has 0 aliphatic carbocycles. The highest BCUT2D eigenvalue weighted by atomic mass is 79.9. The molecule has 15 heavy (non-hydrogen) atoms. The molecule has 2 aromatic rings. The summed E-state index contributed by atoms with van der Waals surface area (Å²) in [6.07, 6.45) is 3.21. The van der Waals surface area contributed by atoms with Gasteiger partial charge >= 0.3 is 0 Å². The third-order valence-corrected chi connectivity index (χ3v) is 2.51. The number of rotatable bonds is 2. The number of hydrogen-bond acceptors (Lipinski definition) is 3. The molecule has 0 N–H and O–H groups in total. The first-order valence-electron chi connectivity index (χ1n) is 4.39. The summed E-state index contributed by atoms with van der Waals surface area (Å²) in [7, 11) is 0. The molecule has 2 rings (SSSR count). The van der Waals surface area contributed by atoms with Gasteiger partial charge in [0.25, 0.3) is 0 Å². The third kappa shape index (κ3) is 1.99. The van der Waals surface area contributed by atoms with Crippen LogP contribution in [0.25, 0.3) is 0 Å². The Kier molecular flexibility index (Phi) is 2.68. The van der Waals surface area contributed by atoms with Gasteiger partial charge in [0.05, 0.1) is 0 Å². The molecular formula is C11H8BrNO2. The molecule has 2 aromatic heterocycles. The fraction of sp³-hybridized carbons (Fsp3) is 0.0909. The molecule has 2 heterocycles. The zero-order chi connectivity index (χ0) is 10.8. The van der Waals surface area contributed by atoms with Crippen LogP contribution in [0.5, 0.6) is 0 Å². The average molecular weight is 266 g/mol. The average Bonchev–Trinajstić information content (AvgIpc) is 2.65. The lowest BCUT2D eigenvalue weighted by molar-refractivity contribution is 0.101. The second-order valence-corrected chi connectivity index (χ2v) is 3.91. The first-order valence-corrected chi connectivity index (χ1v) is 5.18. The summed E-state index contributed by atoms with van der Waals surface area (Å²) in [4.78, 5) is 15.9. The molecule has 0 bridgehead atoms. The van der Waals surface area contributed by atoms with Crippen LogP contribution in [0.2, 0.25) is 0 Å². The molecule has 0 aliphatic heterocycles. The fourth-order valence-corrected chi connectivity index (χ4v) is 1.58. The predicted molar refractivity (Wildman–Crippen MR) is 58.8 cm³/mol. The first kappa shape index (κ1) is 10.1. The summed E-state index contributed by atoms with van der Waals surface area (Å²) in [6, 6.07) is 5.13. The molecule has 0 saturated carbocycles. The fourth-order valence-electron chi connectivity index (χ4n) is 1.27. The molecule has 3 nitrogen and oxygen atoms in total. The smallest absolute Gasteiger partial charge is 0.230 e. The lowest BCUT2D eigenvalue weighted by Gasteiger charge is -2.00. The molecule has 0 radical (unpaired) electrons. The van der Waals surface area contributed by atoms with Crippen molar-refractivity contribution >= 4 is 21.7 Å². The van der Waals surface area contributed by atoms with Crippen LogP contribution in [0.15, 0.2) is 39.7 Å². The number of aromatic nitrogens is 1. The maximum atomic E-state index is 11.9. The highest BCUT2D eigenvalue weighted by molar-refractivity contribution is 9.10. The maximum Gasteiger partial charge on any atom is 0.230 e. The van der Waals surface area contributed by atoms with Gasteiger partial charge in [-0.05, 0) is 46.6 Å². The standard InChI is InChI=1S/C11H8BrNO2/c1-7-4-5-13-6-8(7)11(14)9-2-3-10(12)15-9/h2-6H,1H3. The molecule has 0 spiro atoms. The Morgan fingerprint density at radius 3 is 2.80 bits per heavy atom. The number of ketones is 1. The Morgan fingerprint density at radius 1 is 1.40 bits per heavy atom. The Morgan fingerprint density at radius 2 is 2.20 bits per heavy atom. The summed E-state index contributed by atoms with van der Waals surface area (Å²) in [6.45, 7) is 1.87. The number of nitrogens with zero attached hydrogens (tertiary/aromatic N) is 1. The number of pyridine rings is 1. The zero-order valence-electron chi connectivity index (χ0n) is 8.03. The Labute approximate surface area is 95.3 Å². The monoisotopic (exact) mass is 265 g/mol. The number of carbonyl (C=O) groups is 1.